The summed E-state index contributed by atoms with van der Waals surface area (Å²) in [6.45, 7) is 4.09. The number of furan rings is 1. The first-order valence-electron chi connectivity index (χ1n) is 7.62. The van der Waals surface area contributed by atoms with Gasteiger partial charge in [0.05, 0.1) is 11.4 Å². The highest BCUT2D eigenvalue weighted by molar-refractivity contribution is 7.92. The van der Waals surface area contributed by atoms with Gasteiger partial charge in [-0.05, 0) is 44.0 Å². The lowest BCUT2D eigenvalue weighted by Crippen LogP contribution is -2.28. The molecule has 0 amide bonds. The smallest absolute Gasteiger partial charge is 0.297 e. The molecule has 3 aromatic rings. The number of fused-ring (bicyclic) bond motifs is 1. The van der Waals surface area contributed by atoms with Crippen molar-refractivity contribution in [1.29, 1.82) is 0 Å². The summed E-state index contributed by atoms with van der Waals surface area (Å²) in [4.78, 5) is 0. The van der Waals surface area contributed by atoms with Crippen molar-refractivity contribution in [2.45, 2.75) is 25.4 Å². The summed E-state index contributed by atoms with van der Waals surface area (Å²) in [6.07, 6.45) is 0.698. The Hall–Kier alpha value is -2.54. The third-order valence-corrected chi connectivity index (χ3v) is 6.04. The van der Waals surface area contributed by atoms with Gasteiger partial charge < -0.3 is 8.94 Å². The molecule has 4 rings (SSSR count). The normalized spacial score (nSPS) is 14.2. The minimum absolute atomic E-state index is 0.0948. The predicted octanol–water partition coefficient (Wildman–Crippen LogP) is 3.30. The molecule has 1 aliphatic rings. The maximum absolute atomic E-state index is 12.9. The number of aromatic nitrogens is 1. The standard InChI is InChI=1S/C17H16N2O4S/c1-11-12(2)18-23-17(11)15-7-8-16(22-15)24(20,21)19-10-9-13-5-3-4-6-14(13)19/h3-8H,9-10H2,1-2H3. The van der Waals surface area contributed by atoms with Crippen molar-refractivity contribution in [2.24, 2.45) is 0 Å². The second kappa shape index (κ2) is 5.24. The van der Waals surface area contributed by atoms with E-state index in [0.717, 1.165) is 16.8 Å². The van der Waals surface area contributed by atoms with Crippen LogP contribution in [0.3, 0.4) is 0 Å². The molecule has 3 heterocycles. The number of nitrogens with zero attached hydrogens (tertiary/aromatic N) is 2. The molecule has 2 aromatic heterocycles. The molecule has 1 aromatic carbocycles. The van der Waals surface area contributed by atoms with Gasteiger partial charge in [0.25, 0.3) is 10.0 Å². The van der Waals surface area contributed by atoms with E-state index in [9.17, 15) is 8.42 Å². The lowest BCUT2D eigenvalue weighted by atomic mass is 10.2. The lowest BCUT2D eigenvalue weighted by molar-refractivity contribution is 0.397. The minimum Gasteiger partial charge on any atom is -0.439 e. The highest BCUT2D eigenvalue weighted by Gasteiger charge is 2.33. The zero-order valence-corrected chi connectivity index (χ0v) is 14.1. The van der Waals surface area contributed by atoms with Crippen LogP contribution in [0.4, 0.5) is 5.69 Å². The summed E-state index contributed by atoms with van der Waals surface area (Å²) in [5.41, 5.74) is 3.32. The fraction of sp³-hybridized carbons (Fsp3) is 0.235. The Morgan fingerprint density at radius 1 is 1.12 bits per heavy atom. The Morgan fingerprint density at radius 3 is 2.67 bits per heavy atom. The molecule has 0 N–H and O–H groups in total. The van der Waals surface area contributed by atoms with E-state index in [-0.39, 0.29) is 5.09 Å². The Bertz CT molecular complexity index is 1020. The molecule has 0 unspecified atom stereocenters. The van der Waals surface area contributed by atoms with E-state index in [1.54, 1.807) is 6.07 Å². The molecule has 1 aliphatic heterocycles. The molecule has 24 heavy (non-hydrogen) atoms. The monoisotopic (exact) mass is 344 g/mol. The van der Waals surface area contributed by atoms with Crippen LogP contribution in [0.2, 0.25) is 0 Å². The van der Waals surface area contributed by atoms with Crippen LogP contribution in [-0.4, -0.2) is 20.1 Å². The topological polar surface area (TPSA) is 76.6 Å². The van der Waals surface area contributed by atoms with Gasteiger partial charge in [-0.3, -0.25) is 4.31 Å². The van der Waals surface area contributed by atoms with Gasteiger partial charge in [0.15, 0.2) is 5.76 Å². The number of benzene rings is 1. The van der Waals surface area contributed by atoms with Gasteiger partial charge >= 0.3 is 0 Å². The van der Waals surface area contributed by atoms with Crippen molar-refractivity contribution in [3.63, 3.8) is 0 Å². The van der Waals surface area contributed by atoms with E-state index in [0.29, 0.717) is 30.2 Å². The van der Waals surface area contributed by atoms with Crippen LogP contribution >= 0.6 is 0 Å². The Labute approximate surface area is 139 Å². The average Bonchev–Trinajstić information content (AvgIpc) is 3.27. The Kier molecular flexibility index (Phi) is 3.28. The second-order valence-electron chi connectivity index (χ2n) is 5.80. The van der Waals surface area contributed by atoms with Crippen molar-refractivity contribution in [2.75, 3.05) is 10.8 Å². The molecule has 124 valence electrons. The summed E-state index contributed by atoms with van der Waals surface area (Å²) in [6, 6.07) is 10.6. The first-order valence-corrected chi connectivity index (χ1v) is 9.06. The third-order valence-electron chi connectivity index (χ3n) is 4.35. The summed E-state index contributed by atoms with van der Waals surface area (Å²) < 4.78 is 38.1. The van der Waals surface area contributed by atoms with Crippen LogP contribution in [0, 0.1) is 13.8 Å². The predicted molar refractivity (Wildman–Crippen MR) is 88.4 cm³/mol. The highest BCUT2D eigenvalue weighted by Crippen LogP contribution is 2.35. The molecule has 0 fully saturated rings. The van der Waals surface area contributed by atoms with Gasteiger partial charge in [-0.1, -0.05) is 23.4 Å². The Morgan fingerprint density at radius 2 is 1.92 bits per heavy atom. The largest absolute Gasteiger partial charge is 0.439 e. The van der Waals surface area contributed by atoms with Crippen LogP contribution < -0.4 is 4.31 Å². The van der Waals surface area contributed by atoms with Gasteiger partial charge in [-0.2, -0.15) is 8.42 Å². The number of para-hydroxylation sites is 1. The van der Waals surface area contributed by atoms with Gasteiger partial charge in [-0.25, -0.2) is 0 Å². The number of hydrogen-bond acceptors (Lipinski definition) is 5. The summed E-state index contributed by atoms with van der Waals surface area (Å²) >= 11 is 0. The van der Waals surface area contributed by atoms with E-state index < -0.39 is 10.0 Å². The van der Waals surface area contributed by atoms with Gasteiger partial charge in [0, 0.05) is 12.1 Å². The summed E-state index contributed by atoms with van der Waals surface area (Å²) in [5.74, 6) is 0.815. The summed E-state index contributed by atoms with van der Waals surface area (Å²) in [7, 11) is -3.74. The lowest BCUT2D eigenvalue weighted by Gasteiger charge is -2.17. The average molecular weight is 344 g/mol. The molecule has 0 saturated carbocycles. The van der Waals surface area contributed by atoms with Crippen LogP contribution in [0.15, 0.2) is 50.4 Å². The molecule has 0 spiro atoms. The first-order chi connectivity index (χ1) is 11.5. The van der Waals surface area contributed by atoms with Crippen molar-refractivity contribution >= 4 is 15.7 Å². The fourth-order valence-electron chi connectivity index (χ4n) is 2.89. The number of rotatable bonds is 3. The van der Waals surface area contributed by atoms with Crippen LogP contribution in [0.5, 0.6) is 0 Å². The number of anilines is 1. The van der Waals surface area contributed by atoms with Gasteiger partial charge in [-0.15, -0.1) is 0 Å². The zero-order valence-electron chi connectivity index (χ0n) is 13.3. The van der Waals surface area contributed by atoms with Crippen molar-refractivity contribution in [3.05, 3.63) is 53.2 Å². The molecular weight excluding hydrogens is 328 g/mol. The molecule has 0 bridgehead atoms. The van der Waals surface area contributed by atoms with Gasteiger partial charge in [0.2, 0.25) is 10.9 Å². The van der Waals surface area contributed by atoms with E-state index in [1.165, 1.54) is 10.4 Å². The zero-order chi connectivity index (χ0) is 16.9. The number of aryl methyl sites for hydroxylation is 1. The molecule has 0 aliphatic carbocycles. The van der Waals surface area contributed by atoms with E-state index in [1.807, 2.05) is 38.1 Å². The van der Waals surface area contributed by atoms with Gasteiger partial charge in [0.1, 0.15) is 0 Å². The number of hydrogen-bond donors (Lipinski definition) is 0. The van der Waals surface area contributed by atoms with E-state index in [4.69, 9.17) is 8.94 Å². The van der Waals surface area contributed by atoms with Crippen molar-refractivity contribution in [1.82, 2.24) is 5.16 Å². The maximum atomic E-state index is 12.9. The number of sulfonamides is 1. The molecule has 6 nitrogen and oxygen atoms in total. The van der Waals surface area contributed by atoms with Crippen LogP contribution in [-0.2, 0) is 16.4 Å². The Balaban J connectivity index is 1.73. The summed E-state index contributed by atoms with van der Waals surface area (Å²) in [5, 5.41) is 3.78. The van der Waals surface area contributed by atoms with Crippen molar-refractivity contribution < 1.29 is 17.4 Å². The van der Waals surface area contributed by atoms with E-state index in [2.05, 4.69) is 5.16 Å². The van der Waals surface area contributed by atoms with Crippen molar-refractivity contribution in [3.8, 4) is 11.5 Å². The van der Waals surface area contributed by atoms with E-state index >= 15 is 0 Å². The van der Waals surface area contributed by atoms with Crippen LogP contribution in [0.1, 0.15) is 16.8 Å². The fourth-order valence-corrected chi connectivity index (χ4v) is 4.31. The minimum atomic E-state index is -3.74. The van der Waals surface area contributed by atoms with Crippen LogP contribution in [0.25, 0.3) is 11.5 Å². The third kappa shape index (κ3) is 2.16. The maximum Gasteiger partial charge on any atom is 0.297 e. The first kappa shape index (κ1) is 15.0. The molecule has 0 radical (unpaired) electrons. The SMILES string of the molecule is Cc1noc(-c2ccc(S(=O)(=O)N3CCc4ccccc43)o2)c1C. The molecular formula is C17H16N2O4S. The quantitative estimate of drug-likeness (QED) is 0.728. The molecule has 0 atom stereocenters. The molecule has 7 heteroatoms. The highest BCUT2D eigenvalue weighted by atomic mass is 32.2. The molecule has 0 saturated heterocycles. The second-order valence-corrected chi connectivity index (χ2v) is 7.59.